The van der Waals surface area contributed by atoms with E-state index in [-0.39, 0.29) is 24.5 Å². The molecule has 0 radical (unpaired) electrons. The van der Waals surface area contributed by atoms with Crippen molar-refractivity contribution in [3.8, 4) is 11.5 Å². The number of aromatic hydroxyl groups is 1. The van der Waals surface area contributed by atoms with Crippen LogP contribution >= 0.6 is 0 Å². The fourth-order valence-electron chi connectivity index (χ4n) is 2.99. The largest absolute Gasteiger partial charge is 0.507 e. The number of aliphatic carboxylic acids is 1. The Kier molecular flexibility index (Phi) is 9.39. The van der Waals surface area contributed by atoms with Gasteiger partial charge in [-0.05, 0) is 23.8 Å². The standard InChI is InChI=1S/C24H26N6O6/c31-20-13-17(36-12-11-27-23-25-9-4-10-26-23)7-8-18(20)21(32)28-15-19(22(33)34)30-24(35)29-14-16-5-2-1-3-6-16/h1-10,13,19,31H,11-12,14-15H2,(H,28,32)(H,33,34)(H,25,26,27)(H2,29,30,35)/t19-/m0/s1. The van der Waals surface area contributed by atoms with Crippen LogP contribution < -0.4 is 26.0 Å². The Morgan fingerprint density at radius 1 is 0.972 bits per heavy atom. The van der Waals surface area contributed by atoms with Gasteiger partial charge < -0.3 is 36.2 Å². The molecule has 36 heavy (non-hydrogen) atoms. The van der Waals surface area contributed by atoms with E-state index in [4.69, 9.17) is 4.74 Å². The summed E-state index contributed by atoms with van der Waals surface area (Å²) in [7, 11) is 0. The van der Waals surface area contributed by atoms with Gasteiger partial charge in [-0.1, -0.05) is 30.3 Å². The average Bonchev–Trinajstić information content (AvgIpc) is 2.88. The third-order valence-electron chi connectivity index (χ3n) is 4.80. The lowest BCUT2D eigenvalue weighted by Crippen LogP contribution is -2.51. The molecule has 3 amide bonds. The fourth-order valence-corrected chi connectivity index (χ4v) is 2.99. The summed E-state index contributed by atoms with van der Waals surface area (Å²) >= 11 is 0. The van der Waals surface area contributed by atoms with Crippen LogP contribution in [0, 0.1) is 0 Å². The van der Waals surface area contributed by atoms with E-state index in [0.29, 0.717) is 18.2 Å². The number of urea groups is 1. The van der Waals surface area contributed by atoms with Crippen LogP contribution in [-0.2, 0) is 11.3 Å². The quantitative estimate of drug-likeness (QED) is 0.203. The Balaban J connectivity index is 1.45. The van der Waals surface area contributed by atoms with Crippen molar-refractivity contribution in [2.24, 2.45) is 0 Å². The number of benzene rings is 2. The highest BCUT2D eigenvalue weighted by atomic mass is 16.5. The number of phenolic OH excluding ortho intramolecular Hbond substituents is 1. The molecule has 0 bridgehead atoms. The number of rotatable bonds is 12. The van der Waals surface area contributed by atoms with Crippen LogP contribution in [0.3, 0.4) is 0 Å². The molecule has 0 aliphatic heterocycles. The first kappa shape index (κ1) is 25.7. The predicted octanol–water partition coefficient (Wildman–Crippen LogP) is 1.36. The van der Waals surface area contributed by atoms with Gasteiger partial charge in [-0.2, -0.15) is 0 Å². The van der Waals surface area contributed by atoms with E-state index in [0.717, 1.165) is 5.56 Å². The van der Waals surface area contributed by atoms with Crippen molar-refractivity contribution in [1.82, 2.24) is 25.9 Å². The Morgan fingerprint density at radius 3 is 2.42 bits per heavy atom. The van der Waals surface area contributed by atoms with Gasteiger partial charge in [0.1, 0.15) is 24.1 Å². The molecule has 0 saturated heterocycles. The molecule has 1 atom stereocenters. The Bertz CT molecular complexity index is 1160. The number of amides is 3. The molecule has 2 aromatic carbocycles. The number of aromatic nitrogens is 2. The van der Waals surface area contributed by atoms with Gasteiger partial charge in [0.05, 0.1) is 12.1 Å². The highest BCUT2D eigenvalue weighted by Crippen LogP contribution is 2.23. The minimum Gasteiger partial charge on any atom is -0.507 e. The molecule has 0 saturated carbocycles. The minimum atomic E-state index is -1.38. The molecular weight excluding hydrogens is 468 g/mol. The van der Waals surface area contributed by atoms with Crippen LogP contribution in [0.5, 0.6) is 11.5 Å². The SMILES string of the molecule is O=C(NCc1ccccc1)N[C@@H](CNC(=O)c1ccc(OCCNc2ncccn2)cc1O)C(=O)O. The van der Waals surface area contributed by atoms with Crippen LogP contribution in [0.1, 0.15) is 15.9 Å². The molecule has 12 nitrogen and oxygen atoms in total. The lowest BCUT2D eigenvalue weighted by atomic mass is 10.1. The topological polar surface area (TPSA) is 175 Å². The van der Waals surface area contributed by atoms with E-state index >= 15 is 0 Å². The molecule has 12 heteroatoms. The third kappa shape index (κ3) is 8.17. The van der Waals surface area contributed by atoms with Crippen molar-refractivity contribution in [3.05, 3.63) is 78.1 Å². The Hall–Kier alpha value is -4.87. The minimum absolute atomic E-state index is 0.0733. The van der Waals surface area contributed by atoms with Gasteiger partial charge in [0, 0.05) is 31.5 Å². The van der Waals surface area contributed by atoms with Gasteiger partial charge in [-0.15, -0.1) is 0 Å². The Labute approximate surface area is 206 Å². The predicted molar refractivity (Wildman–Crippen MR) is 130 cm³/mol. The van der Waals surface area contributed by atoms with Crippen LogP contribution in [0.4, 0.5) is 10.7 Å². The van der Waals surface area contributed by atoms with Crippen LogP contribution in [0.2, 0.25) is 0 Å². The molecule has 1 heterocycles. The number of nitrogens with one attached hydrogen (secondary N) is 4. The molecule has 188 valence electrons. The number of hydrogen-bond donors (Lipinski definition) is 6. The van der Waals surface area contributed by atoms with Gasteiger partial charge in [-0.3, -0.25) is 4.79 Å². The van der Waals surface area contributed by atoms with Crippen molar-refractivity contribution in [2.45, 2.75) is 12.6 Å². The van der Waals surface area contributed by atoms with Gasteiger partial charge in [-0.25, -0.2) is 19.6 Å². The molecule has 0 aliphatic carbocycles. The number of ether oxygens (including phenoxy) is 1. The zero-order valence-corrected chi connectivity index (χ0v) is 19.2. The summed E-state index contributed by atoms with van der Waals surface area (Å²) in [6.45, 7) is 0.485. The monoisotopic (exact) mass is 494 g/mol. The van der Waals surface area contributed by atoms with Crippen molar-refractivity contribution < 1.29 is 29.3 Å². The maximum absolute atomic E-state index is 12.5. The zero-order valence-electron chi connectivity index (χ0n) is 19.2. The highest BCUT2D eigenvalue weighted by Gasteiger charge is 2.22. The molecular formula is C24H26N6O6. The molecule has 0 spiro atoms. The lowest BCUT2D eigenvalue weighted by molar-refractivity contribution is -0.139. The highest BCUT2D eigenvalue weighted by molar-refractivity contribution is 5.97. The molecule has 1 aromatic heterocycles. The van der Waals surface area contributed by atoms with Crippen molar-refractivity contribution in [1.29, 1.82) is 0 Å². The van der Waals surface area contributed by atoms with Crippen LogP contribution in [0.15, 0.2) is 67.0 Å². The number of hydrogen-bond acceptors (Lipinski definition) is 8. The van der Waals surface area contributed by atoms with Gasteiger partial charge in [0.15, 0.2) is 0 Å². The van der Waals surface area contributed by atoms with Crippen molar-refractivity contribution >= 4 is 23.9 Å². The summed E-state index contributed by atoms with van der Waals surface area (Å²) in [5, 5.41) is 29.8. The number of phenols is 1. The lowest BCUT2D eigenvalue weighted by Gasteiger charge is -2.16. The van der Waals surface area contributed by atoms with E-state index in [9.17, 15) is 24.6 Å². The van der Waals surface area contributed by atoms with Crippen LogP contribution in [-0.4, -0.2) is 63.8 Å². The second-order valence-electron chi connectivity index (χ2n) is 7.44. The summed E-state index contributed by atoms with van der Waals surface area (Å²) in [6.07, 6.45) is 3.21. The number of carbonyl (C=O) groups excluding carboxylic acids is 2. The molecule has 6 N–H and O–H groups in total. The van der Waals surface area contributed by atoms with Gasteiger partial charge >= 0.3 is 12.0 Å². The smallest absolute Gasteiger partial charge is 0.328 e. The second-order valence-corrected chi connectivity index (χ2v) is 7.44. The third-order valence-corrected chi connectivity index (χ3v) is 4.80. The van der Waals surface area contributed by atoms with E-state index in [1.165, 1.54) is 18.2 Å². The molecule has 3 aromatic rings. The number of anilines is 1. The molecule has 3 rings (SSSR count). The van der Waals surface area contributed by atoms with E-state index < -0.39 is 30.5 Å². The first-order valence-corrected chi connectivity index (χ1v) is 11.0. The molecule has 0 unspecified atom stereocenters. The van der Waals surface area contributed by atoms with E-state index in [1.807, 2.05) is 30.3 Å². The number of nitrogens with zero attached hydrogens (tertiary/aromatic N) is 2. The van der Waals surface area contributed by atoms with Gasteiger partial charge in [0.25, 0.3) is 5.91 Å². The maximum Gasteiger partial charge on any atom is 0.328 e. The number of carbonyl (C=O) groups is 3. The first-order valence-electron chi connectivity index (χ1n) is 11.0. The number of carboxylic acids is 1. The molecule has 0 fully saturated rings. The summed E-state index contributed by atoms with van der Waals surface area (Å²) in [4.78, 5) is 44.1. The first-order chi connectivity index (χ1) is 17.4. The van der Waals surface area contributed by atoms with Gasteiger partial charge in [0.2, 0.25) is 5.95 Å². The fraction of sp³-hybridized carbons (Fsp3) is 0.208. The maximum atomic E-state index is 12.5. The average molecular weight is 495 g/mol. The summed E-state index contributed by atoms with van der Waals surface area (Å²) in [5.41, 5.74) is 0.771. The van der Waals surface area contributed by atoms with Crippen LogP contribution in [0.25, 0.3) is 0 Å². The summed E-state index contributed by atoms with van der Waals surface area (Å²) in [5.74, 6) is -1.59. The molecule has 0 aliphatic rings. The van der Waals surface area contributed by atoms with E-state index in [2.05, 4.69) is 31.2 Å². The van der Waals surface area contributed by atoms with Crippen molar-refractivity contribution in [3.63, 3.8) is 0 Å². The zero-order chi connectivity index (χ0) is 25.8. The van der Waals surface area contributed by atoms with Crippen molar-refractivity contribution in [2.75, 3.05) is 25.0 Å². The summed E-state index contributed by atoms with van der Waals surface area (Å²) < 4.78 is 5.53. The van der Waals surface area contributed by atoms with E-state index in [1.54, 1.807) is 18.5 Å². The normalized spacial score (nSPS) is 11.1. The second kappa shape index (κ2) is 13.1. The Morgan fingerprint density at radius 2 is 1.72 bits per heavy atom. The summed E-state index contributed by atoms with van der Waals surface area (Å²) in [6, 6.07) is 12.8. The number of carboxylic acid groups (broad SMARTS) is 1.